The molecule has 0 saturated carbocycles. The van der Waals surface area contributed by atoms with Crippen LogP contribution in [-0.2, 0) is 11.3 Å². The first kappa shape index (κ1) is 11.1. The molecule has 1 aromatic rings. The summed E-state index contributed by atoms with van der Waals surface area (Å²) in [6.45, 7) is 4.87. The molecular weight excluding hydrogens is 176 g/mol. The van der Waals surface area contributed by atoms with Crippen molar-refractivity contribution in [2.75, 3.05) is 7.11 Å². The second-order valence-electron chi connectivity index (χ2n) is 3.34. The van der Waals surface area contributed by atoms with Crippen molar-refractivity contribution in [2.45, 2.75) is 39.2 Å². The second-order valence-corrected chi connectivity index (χ2v) is 3.34. The standard InChI is InChI=1S/C11H18N2O/c1-4-9(5-2)10-6-7-12-11(13-10)8-14-3/h6-7,9H,4-5,8H2,1-3H3. The Labute approximate surface area is 85.5 Å². The molecule has 0 atom stereocenters. The largest absolute Gasteiger partial charge is 0.377 e. The molecule has 3 nitrogen and oxygen atoms in total. The highest BCUT2D eigenvalue weighted by atomic mass is 16.5. The van der Waals surface area contributed by atoms with E-state index < -0.39 is 0 Å². The average molecular weight is 194 g/mol. The highest BCUT2D eigenvalue weighted by Gasteiger charge is 2.08. The summed E-state index contributed by atoms with van der Waals surface area (Å²) in [5.41, 5.74) is 1.14. The van der Waals surface area contributed by atoms with Gasteiger partial charge in [-0.05, 0) is 18.9 Å². The van der Waals surface area contributed by atoms with Gasteiger partial charge in [-0.1, -0.05) is 13.8 Å². The van der Waals surface area contributed by atoms with Crippen LogP contribution in [0.2, 0.25) is 0 Å². The topological polar surface area (TPSA) is 35.0 Å². The van der Waals surface area contributed by atoms with E-state index in [1.165, 1.54) is 0 Å². The van der Waals surface area contributed by atoms with Crippen LogP contribution in [0.3, 0.4) is 0 Å². The molecule has 0 radical (unpaired) electrons. The van der Waals surface area contributed by atoms with Gasteiger partial charge in [-0.15, -0.1) is 0 Å². The number of aromatic nitrogens is 2. The monoisotopic (exact) mass is 194 g/mol. The van der Waals surface area contributed by atoms with Crippen molar-refractivity contribution < 1.29 is 4.74 Å². The molecule has 1 heterocycles. The van der Waals surface area contributed by atoms with Crippen molar-refractivity contribution >= 4 is 0 Å². The zero-order chi connectivity index (χ0) is 10.4. The minimum absolute atomic E-state index is 0.494. The van der Waals surface area contributed by atoms with Crippen LogP contribution in [-0.4, -0.2) is 17.1 Å². The van der Waals surface area contributed by atoms with Crippen molar-refractivity contribution in [3.05, 3.63) is 23.8 Å². The Bertz CT molecular complexity index is 272. The zero-order valence-electron chi connectivity index (χ0n) is 9.16. The highest BCUT2D eigenvalue weighted by molar-refractivity contribution is 5.07. The molecule has 0 amide bonds. The van der Waals surface area contributed by atoms with E-state index in [1.807, 2.05) is 12.3 Å². The number of rotatable bonds is 5. The fraction of sp³-hybridized carbons (Fsp3) is 0.636. The van der Waals surface area contributed by atoms with Gasteiger partial charge in [-0.2, -0.15) is 0 Å². The van der Waals surface area contributed by atoms with Crippen LogP contribution in [0.1, 0.15) is 44.1 Å². The minimum Gasteiger partial charge on any atom is -0.377 e. The molecule has 0 spiro atoms. The van der Waals surface area contributed by atoms with Gasteiger partial charge in [0.05, 0.1) is 0 Å². The predicted molar refractivity (Wildman–Crippen MR) is 56.1 cm³/mol. The summed E-state index contributed by atoms with van der Waals surface area (Å²) in [5, 5.41) is 0. The second kappa shape index (κ2) is 5.70. The van der Waals surface area contributed by atoms with E-state index in [9.17, 15) is 0 Å². The van der Waals surface area contributed by atoms with Gasteiger partial charge in [-0.3, -0.25) is 0 Å². The number of hydrogen-bond donors (Lipinski definition) is 0. The molecule has 0 aliphatic carbocycles. The SMILES string of the molecule is CCC(CC)c1ccnc(COC)n1. The lowest BCUT2D eigenvalue weighted by Gasteiger charge is -2.11. The first-order chi connectivity index (χ1) is 6.81. The Morgan fingerprint density at radius 2 is 2.07 bits per heavy atom. The summed E-state index contributed by atoms with van der Waals surface area (Å²) in [4.78, 5) is 8.61. The summed E-state index contributed by atoms with van der Waals surface area (Å²) in [5.74, 6) is 1.32. The average Bonchev–Trinajstić information content (AvgIpc) is 2.21. The van der Waals surface area contributed by atoms with Crippen LogP contribution in [0, 0.1) is 0 Å². The molecule has 14 heavy (non-hydrogen) atoms. The highest BCUT2D eigenvalue weighted by Crippen LogP contribution is 2.20. The molecule has 0 bridgehead atoms. The van der Waals surface area contributed by atoms with Crippen LogP contribution in [0.4, 0.5) is 0 Å². The Kier molecular flexibility index (Phi) is 4.53. The first-order valence-corrected chi connectivity index (χ1v) is 5.12. The normalized spacial score (nSPS) is 10.9. The maximum absolute atomic E-state index is 5.00. The fourth-order valence-electron chi connectivity index (χ4n) is 1.55. The van der Waals surface area contributed by atoms with Crippen molar-refractivity contribution in [3.63, 3.8) is 0 Å². The maximum Gasteiger partial charge on any atom is 0.154 e. The maximum atomic E-state index is 5.00. The van der Waals surface area contributed by atoms with Gasteiger partial charge in [-0.25, -0.2) is 9.97 Å². The van der Waals surface area contributed by atoms with E-state index in [-0.39, 0.29) is 0 Å². The lowest BCUT2D eigenvalue weighted by molar-refractivity contribution is 0.177. The summed E-state index contributed by atoms with van der Waals surface area (Å²) < 4.78 is 5.00. The van der Waals surface area contributed by atoms with E-state index in [4.69, 9.17) is 4.74 Å². The quantitative estimate of drug-likeness (QED) is 0.722. The number of nitrogens with zero attached hydrogens (tertiary/aromatic N) is 2. The Morgan fingerprint density at radius 3 is 2.64 bits per heavy atom. The number of hydrogen-bond acceptors (Lipinski definition) is 3. The Hall–Kier alpha value is -0.960. The Morgan fingerprint density at radius 1 is 1.36 bits per heavy atom. The molecule has 3 heteroatoms. The third-order valence-corrected chi connectivity index (χ3v) is 2.40. The molecule has 0 fully saturated rings. The molecular formula is C11H18N2O. The van der Waals surface area contributed by atoms with Gasteiger partial charge in [0.25, 0.3) is 0 Å². The molecule has 0 unspecified atom stereocenters. The molecule has 0 aliphatic rings. The lowest BCUT2D eigenvalue weighted by atomic mass is 9.99. The third kappa shape index (κ3) is 2.77. The van der Waals surface area contributed by atoms with Crippen LogP contribution in [0.25, 0.3) is 0 Å². The lowest BCUT2D eigenvalue weighted by Crippen LogP contribution is -2.04. The first-order valence-electron chi connectivity index (χ1n) is 5.12. The van der Waals surface area contributed by atoms with E-state index in [1.54, 1.807) is 7.11 Å². The smallest absolute Gasteiger partial charge is 0.154 e. The van der Waals surface area contributed by atoms with Gasteiger partial charge in [0.2, 0.25) is 0 Å². The van der Waals surface area contributed by atoms with Crippen LogP contribution < -0.4 is 0 Å². The number of methoxy groups -OCH3 is 1. The summed E-state index contributed by atoms with van der Waals surface area (Å²) in [6.07, 6.45) is 4.06. The van der Waals surface area contributed by atoms with Gasteiger partial charge < -0.3 is 4.74 Å². The van der Waals surface area contributed by atoms with Crippen LogP contribution in [0.15, 0.2) is 12.3 Å². The predicted octanol–water partition coefficient (Wildman–Crippen LogP) is 2.53. The van der Waals surface area contributed by atoms with Crippen molar-refractivity contribution in [3.8, 4) is 0 Å². The summed E-state index contributed by atoms with van der Waals surface area (Å²) >= 11 is 0. The fourth-order valence-corrected chi connectivity index (χ4v) is 1.55. The van der Waals surface area contributed by atoms with E-state index in [2.05, 4.69) is 23.8 Å². The Balaban J connectivity index is 2.81. The molecule has 78 valence electrons. The molecule has 0 N–H and O–H groups in total. The number of ether oxygens (including phenoxy) is 1. The van der Waals surface area contributed by atoms with Gasteiger partial charge >= 0.3 is 0 Å². The molecule has 0 saturated heterocycles. The van der Waals surface area contributed by atoms with E-state index in [0.717, 1.165) is 24.4 Å². The van der Waals surface area contributed by atoms with Crippen molar-refractivity contribution in [1.29, 1.82) is 0 Å². The van der Waals surface area contributed by atoms with Gasteiger partial charge in [0.1, 0.15) is 6.61 Å². The van der Waals surface area contributed by atoms with Gasteiger partial charge in [0.15, 0.2) is 5.82 Å². The molecule has 1 aromatic heterocycles. The summed E-state index contributed by atoms with van der Waals surface area (Å²) in [6, 6.07) is 2.00. The summed E-state index contributed by atoms with van der Waals surface area (Å²) in [7, 11) is 1.66. The van der Waals surface area contributed by atoms with Crippen LogP contribution >= 0.6 is 0 Å². The zero-order valence-corrected chi connectivity index (χ0v) is 9.16. The minimum atomic E-state index is 0.494. The molecule has 1 rings (SSSR count). The van der Waals surface area contributed by atoms with Gasteiger partial charge in [0, 0.05) is 24.9 Å². The van der Waals surface area contributed by atoms with E-state index >= 15 is 0 Å². The van der Waals surface area contributed by atoms with Crippen molar-refractivity contribution in [1.82, 2.24) is 9.97 Å². The molecule has 0 aromatic carbocycles. The third-order valence-electron chi connectivity index (χ3n) is 2.40. The molecule has 0 aliphatic heterocycles. The van der Waals surface area contributed by atoms with Crippen molar-refractivity contribution in [2.24, 2.45) is 0 Å². The van der Waals surface area contributed by atoms with Crippen LogP contribution in [0.5, 0.6) is 0 Å². The van der Waals surface area contributed by atoms with E-state index in [0.29, 0.717) is 12.5 Å².